The Hall–Kier alpha value is -0.970. The molecule has 1 aliphatic carbocycles. The van der Waals surface area contributed by atoms with Crippen LogP contribution >= 0.6 is 11.8 Å². The summed E-state index contributed by atoms with van der Waals surface area (Å²) in [6.07, 6.45) is 6.94. The van der Waals surface area contributed by atoms with Crippen LogP contribution in [0.5, 0.6) is 0 Å². The second kappa shape index (κ2) is 7.87. The van der Waals surface area contributed by atoms with Crippen LogP contribution in [0.4, 0.5) is 11.6 Å². The summed E-state index contributed by atoms with van der Waals surface area (Å²) in [5, 5.41) is 7.82. The lowest BCUT2D eigenvalue weighted by Crippen LogP contribution is -2.30. The highest BCUT2D eigenvalue weighted by atomic mass is 32.2. The van der Waals surface area contributed by atoms with E-state index in [4.69, 9.17) is 0 Å². The van der Waals surface area contributed by atoms with E-state index in [1.165, 1.54) is 19.3 Å². The Bertz CT molecular complexity index is 442. The Morgan fingerprint density at radius 1 is 1.14 bits per heavy atom. The minimum atomic E-state index is 0.535. The predicted octanol–water partition coefficient (Wildman–Crippen LogP) is 4.26. The van der Waals surface area contributed by atoms with Gasteiger partial charge in [0.25, 0.3) is 0 Å². The lowest BCUT2D eigenvalue weighted by molar-refractivity contribution is 0.280. The molecular weight excluding hydrogens is 280 g/mol. The minimum absolute atomic E-state index is 0.535. The molecule has 0 radical (unpaired) electrons. The number of aromatic nitrogens is 2. The molecule has 2 atom stereocenters. The van der Waals surface area contributed by atoms with E-state index in [9.17, 15) is 0 Å². The molecule has 2 N–H and O–H groups in total. The highest BCUT2D eigenvalue weighted by Gasteiger charge is 2.24. The second-order valence-corrected chi connectivity index (χ2v) is 7.08. The molecule has 4 nitrogen and oxygen atoms in total. The quantitative estimate of drug-likeness (QED) is 0.607. The number of hydrogen-bond acceptors (Lipinski definition) is 5. The summed E-state index contributed by atoms with van der Waals surface area (Å²) in [5.41, 5.74) is 0. The van der Waals surface area contributed by atoms with Gasteiger partial charge in [-0.3, -0.25) is 0 Å². The lowest BCUT2D eigenvalue weighted by atomic mass is 9.80. The van der Waals surface area contributed by atoms with Gasteiger partial charge in [-0.05, 0) is 43.8 Å². The zero-order chi connectivity index (χ0) is 15.2. The summed E-state index contributed by atoms with van der Waals surface area (Å²) in [5.74, 6) is 3.48. The summed E-state index contributed by atoms with van der Waals surface area (Å²) < 4.78 is 0. The summed E-state index contributed by atoms with van der Waals surface area (Å²) in [7, 11) is 0. The first-order chi connectivity index (χ1) is 10.1. The highest BCUT2D eigenvalue weighted by molar-refractivity contribution is 7.98. The first kappa shape index (κ1) is 16.4. The molecule has 0 spiro atoms. The molecule has 0 amide bonds. The van der Waals surface area contributed by atoms with Gasteiger partial charge in [0.1, 0.15) is 11.6 Å². The van der Waals surface area contributed by atoms with Crippen LogP contribution in [-0.4, -0.2) is 28.8 Å². The van der Waals surface area contributed by atoms with E-state index in [2.05, 4.69) is 41.4 Å². The van der Waals surface area contributed by atoms with Crippen LogP contribution in [0.3, 0.4) is 0 Å². The van der Waals surface area contributed by atoms with Crippen molar-refractivity contribution in [1.29, 1.82) is 0 Å². The number of nitrogens with one attached hydrogen (secondary N) is 2. The van der Waals surface area contributed by atoms with E-state index >= 15 is 0 Å². The van der Waals surface area contributed by atoms with Gasteiger partial charge in [0.2, 0.25) is 0 Å². The number of rotatable bonds is 6. The lowest BCUT2D eigenvalue weighted by Gasteiger charge is -2.32. The smallest absolute Gasteiger partial charge is 0.191 e. The van der Waals surface area contributed by atoms with Crippen LogP contribution in [0.25, 0.3) is 0 Å². The number of anilines is 2. The van der Waals surface area contributed by atoms with Gasteiger partial charge in [0.05, 0.1) is 0 Å². The average Bonchev–Trinajstić information content (AvgIpc) is 2.43. The Kier molecular flexibility index (Phi) is 6.15. The zero-order valence-corrected chi connectivity index (χ0v) is 14.5. The third-order valence-electron chi connectivity index (χ3n) is 3.97. The summed E-state index contributed by atoms with van der Waals surface area (Å²) >= 11 is 1.59. The van der Waals surface area contributed by atoms with Crippen molar-refractivity contribution in [1.82, 2.24) is 9.97 Å². The molecule has 2 unspecified atom stereocenters. The van der Waals surface area contributed by atoms with Crippen molar-refractivity contribution in [2.75, 3.05) is 23.4 Å². The maximum atomic E-state index is 4.60. The fourth-order valence-electron chi connectivity index (χ4n) is 3.21. The average molecular weight is 308 g/mol. The maximum absolute atomic E-state index is 4.60. The molecule has 118 valence electrons. The van der Waals surface area contributed by atoms with Gasteiger partial charge >= 0.3 is 0 Å². The molecule has 0 saturated heterocycles. The van der Waals surface area contributed by atoms with Crippen LogP contribution in [0, 0.1) is 11.8 Å². The second-order valence-electron chi connectivity index (χ2n) is 6.31. The Labute approximate surface area is 132 Å². The van der Waals surface area contributed by atoms with E-state index < -0.39 is 0 Å². The van der Waals surface area contributed by atoms with Crippen molar-refractivity contribution in [3.63, 3.8) is 0 Å². The Morgan fingerprint density at radius 2 is 1.81 bits per heavy atom. The van der Waals surface area contributed by atoms with E-state index in [1.807, 2.05) is 12.3 Å². The molecule has 5 heteroatoms. The molecule has 1 saturated carbocycles. The zero-order valence-electron chi connectivity index (χ0n) is 13.6. The van der Waals surface area contributed by atoms with Crippen LogP contribution < -0.4 is 10.6 Å². The van der Waals surface area contributed by atoms with Crippen molar-refractivity contribution < 1.29 is 0 Å². The molecule has 0 bridgehead atoms. The van der Waals surface area contributed by atoms with Crippen LogP contribution in [-0.2, 0) is 0 Å². The molecule has 21 heavy (non-hydrogen) atoms. The fraction of sp³-hybridized carbons (Fsp3) is 0.750. The van der Waals surface area contributed by atoms with Crippen LogP contribution in [0.2, 0.25) is 0 Å². The number of thioether (sulfide) groups is 1. The molecule has 0 aliphatic heterocycles. The molecule has 1 fully saturated rings. The molecule has 1 aromatic rings. The first-order valence-corrected chi connectivity index (χ1v) is 9.26. The van der Waals surface area contributed by atoms with Gasteiger partial charge in [-0.1, -0.05) is 32.5 Å². The van der Waals surface area contributed by atoms with Crippen molar-refractivity contribution in [3.05, 3.63) is 6.07 Å². The van der Waals surface area contributed by atoms with Gasteiger partial charge in [0.15, 0.2) is 5.16 Å². The largest absolute Gasteiger partial charge is 0.370 e. The summed E-state index contributed by atoms with van der Waals surface area (Å²) in [6.45, 7) is 7.81. The van der Waals surface area contributed by atoms with Gasteiger partial charge in [0, 0.05) is 18.7 Å². The SMILES string of the molecule is CCCNc1cc(NC2CC(C)CC(C)C2)nc(SC)n1. The Morgan fingerprint density at radius 3 is 2.43 bits per heavy atom. The number of hydrogen-bond donors (Lipinski definition) is 2. The summed E-state index contributed by atoms with van der Waals surface area (Å²) in [4.78, 5) is 9.12. The number of nitrogens with zero attached hydrogens (tertiary/aromatic N) is 2. The molecule has 1 heterocycles. The van der Waals surface area contributed by atoms with Crippen molar-refractivity contribution >= 4 is 23.4 Å². The van der Waals surface area contributed by atoms with Crippen molar-refractivity contribution in [2.45, 2.75) is 57.7 Å². The maximum Gasteiger partial charge on any atom is 0.191 e. The normalized spacial score (nSPS) is 25.6. The predicted molar refractivity (Wildman–Crippen MR) is 92.2 cm³/mol. The Balaban J connectivity index is 2.07. The molecule has 1 aromatic heterocycles. The van der Waals surface area contributed by atoms with Gasteiger partial charge < -0.3 is 10.6 Å². The molecule has 2 rings (SSSR count). The van der Waals surface area contributed by atoms with Gasteiger partial charge in [-0.25, -0.2) is 9.97 Å². The molecule has 1 aliphatic rings. The monoisotopic (exact) mass is 308 g/mol. The van der Waals surface area contributed by atoms with E-state index in [0.717, 1.165) is 41.6 Å². The molecule has 0 aromatic carbocycles. The van der Waals surface area contributed by atoms with E-state index in [-0.39, 0.29) is 0 Å². The third kappa shape index (κ3) is 5.06. The van der Waals surface area contributed by atoms with Gasteiger partial charge in [-0.15, -0.1) is 0 Å². The summed E-state index contributed by atoms with van der Waals surface area (Å²) in [6, 6.07) is 2.58. The fourth-order valence-corrected chi connectivity index (χ4v) is 3.59. The highest BCUT2D eigenvalue weighted by Crippen LogP contribution is 2.30. The van der Waals surface area contributed by atoms with E-state index in [1.54, 1.807) is 11.8 Å². The van der Waals surface area contributed by atoms with E-state index in [0.29, 0.717) is 6.04 Å². The minimum Gasteiger partial charge on any atom is -0.370 e. The van der Waals surface area contributed by atoms with Crippen molar-refractivity contribution in [3.8, 4) is 0 Å². The third-order valence-corrected chi connectivity index (χ3v) is 4.52. The topological polar surface area (TPSA) is 49.8 Å². The van der Waals surface area contributed by atoms with Crippen molar-refractivity contribution in [2.24, 2.45) is 11.8 Å². The first-order valence-electron chi connectivity index (χ1n) is 8.04. The van der Waals surface area contributed by atoms with Crippen LogP contribution in [0.1, 0.15) is 46.5 Å². The van der Waals surface area contributed by atoms with Crippen LogP contribution in [0.15, 0.2) is 11.2 Å². The standard InChI is InChI=1S/C16H28N4S/c1-5-6-17-14-10-15(20-16(19-14)21-4)18-13-8-11(2)7-12(3)9-13/h10-13H,5-9H2,1-4H3,(H2,17,18,19,20). The molecular formula is C16H28N4S. The van der Waals surface area contributed by atoms with Gasteiger partial charge in [-0.2, -0.15) is 0 Å².